The van der Waals surface area contributed by atoms with E-state index in [4.69, 9.17) is 16.3 Å². The highest BCUT2D eigenvalue weighted by Crippen LogP contribution is 2.32. The molecule has 0 radical (unpaired) electrons. The first-order valence-electron chi connectivity index (χ1n) is 10.3. The van der Waals surface area contributed by atoms with E-state index in [2.05, 4.69) is 11.1 Å². The molecule has 7 nitrogen and oxygen atoms in total. The number of ether oxygens (including phenoxy) is 1. The number of halogens is 1. The van der Waals surface area contributed by atoms with Crippen LogP contribution in [0, 0.1) is 6.92 Å². The summed E-state index contributed by atoms with van der Waals surface area (Å²) in [6.07, 6.45) is 1.06. The van der Waals surface area contributed by atoms with E-state index in [0.29, 0.717) is 48.3 Å². The van der Waals surface area contributed by atoms with Gasteiger partial charge >= 0.3 is 0 Å². The number of thiophene rings is 1. The Morgan fingerprint density at radius 2 is 2.09 bits per heavy atom. The van der Waals surface area contributed by atoms with Crippen LogP contribution >= 0.6 is 34.3 Å². The third kappa shape index (κ3) is 4.71. The van der Waals surface area contributed by atoms with Crippen molar-refractivity contribution in [3.63, 3.8) is 0 Å². The van der Waals surface area contributed by atoms with E-state index in [1.807, 2.05) is 30.5 Å². The lowest BCUT2D eigenvalue weighted by atomic mass is 10.2. The van der Waals surface area contributed by atoms with Crippen LogP contribution in [-0.4, -0.2) is 49.0 Å². The van der Waals surface area contributed by atoms with E-state index in [1.165, 1.54) is 21.7 Å². The molecule has 1 aromatic carbocycles. The van der Waals surface area contributed by atoms with Gasteiger partial charge < -0.3 is 9.30 Å². The fourth-order valence-electron chi connectivity index (χ4n) is 3.78. The standard InChI is InChI=1S/C21H24ClN3O4S3/c1-3-29-12-11-24-15-7-6-14(2)13-17(15)30-21(24)23-20(26)16-5-4-10-25(16)32(27,28)19-9-8-18(22)31-19/h6-9,13,16H,3-5,10-12H2,1-2H3. The number of sulfonamides is 1. The monoisotopic (exact) mass is 513 g/mol. The van der Waals surface area contributed by atoms with E-state index in [9.17, 15) is 13.2 Å². The van der Waals surface area contributed by atoms with E-state index >= 15 is 0 Å². The lowest BCUT2D eigenvalue weighted by Gasteiger charge is -2.20. The minimum absolute atomic E-state index is 0.145. The van der Waals surface area contributed by atoms with Crippen molar-refractivity contribution in [1.29, 1.82) is 0 Å². The number of nitrogens with zero attached hydrogens (tertiary/aromatic N) is 3. The van der Waals surface area contributed by atoms with Gasteiger partial charge in [-0.25, -0.2) is 8.42 Å². The quantitative estimate of drug-likeness (QED) is 0.446. The Balaban J connectivity index is 1.70. The predicted octanol–water partition coefficient (Wildman–Crippen LogP) is 4.04. The van der Waals surface area contributed by atoms with Crippen molar-refractivity contribution in [2.24, 2.45) is 4.99 Å². The van der Waals surface area contributed by atoms with E-state index in [1.54, 1.807) is 6.07 Å². The van der Waals surface area contributed by atoms with E-state index in [0.717, 1.165) is 27.1 Å². The second kappa shape index (κ2) is 9.74. The first-order chi connectivity index (χ1) is 15.3. The molecule has 1 aliphatic rings. The number of thiazole rings is 1. The maximum Gasteiger partial charge on any atom is 0.266 e. The van der Waals surface area contributed by atoms with E-state index in [-0.39, 0.29) is 4.21 Å². The normalized spacial score (nSPS) is 18.1. The maximum atomic E-state index is 13.2. The van der Waals surface area contributed by atoms with Crippen molar-refractivity contribution in [2.45, 2.75) is 43.5 Å². The van der Waals surface area contributed by atoms with Crippen molar-refractivity contribution in [1.82, 2.24) is 8.87 Å². The highest BCUT2D eigenvalue weighted by molar-refractivity contribution is 7.91. The Morgan fingerprint density at radius 1 is 1.28 bits per heavy atom. The van der Waals surface area contributed by atoms with Crippen LogP contribution in [0.1, 0.15) is 25.3 Å². The Kier molecular flexibility index (Phi) is 7.18. The summed E-state index contributed by atoms with van der Waals surface area (Å²) >= 11 is 8.36. The summed E-state index contributed by atoms with van der Waals surface area (Å²) in [6.45, 7) is 5.91. The molecule has 32 heavy (non-hydrogen) atoms. The van der Waals surface area contributed by atoms with Crippen LogP contribution < -0.4 is 4.80 Å². The van der Waals surface area contributed by atoms with Crippen molar-refractivity contribution in [2.75, 3.05) is 19.8 Å². The molecule has 0 spiro atoms. The fourth-order valence-corrected chi connectivity index (χ4v) is 8.20. The van der Waals surface area contributed by atoms with Gasteiger partial charge in [0.15, 0.2) is 4.80 Å². The van der Waals surface area contributed by atoms with Crippen LogP contribution in [0.25, 0.3) is 10.2 Å². The predicted molar refractivity (Wildman–Crippen MR) is 128 cm³/mol. The summed E-state index contributed by atoms with van der Waals surface area (Å²) in [5, 5.41) is 0. The van der Waals surface area contributed by atoms with Gasteiger partial charge in [-0.3, -0.25) is 4.79 Å². The van der Waals surface area contributed by atoms with Gasteiger partial charge in [0.1, 0.15) is 10.3 Å². The third-order valence-corrected chi connectivity index (χ3v) is 9.96. The zero-order valence-corrected chi connectivity index (χ0v) is 21.0. The average molecular weight is 514 g/mol. The molecular formula is C21H24ClN3O4S3. The van der Waals surface area contributed by atoms with Crippen molar-refractivity contribution >= 4 is 60.4 Å². The zero-order valence-electron chi connectivity index (χ0n) is 17.8. The fraction of sp³-hybridized carbons (Fsp3) is 0.429. The highest BCUT2D eigenvalue weighted by Gasteiger charge is 2.40. The molecule has 3 heterocycles. The van der Waals surface area contributed by atoms with Crippen molar-refractivity contribution in [3.05, 3.63) is 45.0 Å². The Bertz CT molecular complexity index is 1310. The first-order valence-corrected chi connectivity index (χ1v) is 13.8. The van der Waals surface area contributed by atoms with Gasteiger partial charge in [-0.1, -0.05) is 29.0 Å². The minimum Gasteiger partial charge on any atom is -0.380 e. The molecule has 0 N–H and O–H groups in total. The number of benzene rings is 1. The van der Waals surface area contributed by atoms with Gasteiger partial charge in [-0.2, -0.15) is 9.30 Å². The Labute approximate surface area is 200 Å². The van der Waals surface area contributed by atoms with Crippen LogP contribution in [0.2, 0.25) is 4.34 Å². The van der Waals surface area contributed by atoms with Gasteiger partial charge in [0, 0.05) is 19.7 Å². The number of rotatable bonds is 7. The van der Waals surface area contributed by atoms with Crippen LogP contribution in [0.3, 0.4) is 0 Å². The largest absolute Gasteiger partial charge is 0.380 e. The molecule has 1 unspecified atom stereocenters. The smallest absolute Gasteiger partial charge is 0.266 e. The number of amides is 1. The summed E-state index contributed by atoms with van der Waals surface area (Å²) in [7, 11) is -3.80. The van der Waals surface area contributed by atoms with Crippen LogP contribution in [0.15, 0.2) is 39.5 Å². The van der Waals surface area contributed by atoms with E-state index < -0.39 is 22.0 Å². The molecule has 0 saturated carbocycles. The molecule has 0 bridgehead atoms. The second-order valence-corrected chi connectivity index (χ2v) is 12.3. The Morgan fingerprint density at radius 3 is 2.81 bits per heavy atom. The van der Waals surface area contributed by atoms with Crippen LogP contribution in [0.4, 0.5) is 0 Å². The van der Waals surface area contributed by atoms with Gasteiger partial charge in [0.05, 0.1) is 21.2 Å². The third-order valence-electron chi connectivity index (χ3n) is 5.31. The summed E-state index contributed by atoms with van der Waals surface area (Å²) in [4.78, 5) is 18.2. The maximum absolute atomic E-state index is 13.2. The summed E-state index contributed by atoms with van der Waals surface area (Å²) < 4.78 is 36.5. The molecule has 1 fully saturated rings. The van der Waals surface area contributed by atoms with Gasteiger partial charge in [0.2, 0.25) is 0 Å². The lowest BCUT2D eigenvalue weighted by Crippen LogP contribution is -2.40. The molecule has 172 valence electrons. The molecule has 0 aliphatic carbocycles. The first kappa shape index (κ1) is 23.6. The number of aryl methyl sites for hydroxylation is 1. The molecule has 1 aliphatic heterocycles. The minimum atomic E-state index is -3.80. The van der Waals surface area contributed by atoms with Gasteiger partial charge in [-0.05, 0) is 56.5 Å². The SMILES string of the molecule is CCOCCn1c(=NC(=O)C2CCCN2S(=O)(=O)c2ccc(Cl)s2)sc2cc(C)ccc21. The highest BCUT2D eigenvalue weighted by atomic mass is 35.5. The molecule has 1 saturated heterocycles. The number of carbonyl (C=O) groups is 1. The second-order valence-electron chi connectivity index (χ2n) is 7.49. The van der Waals surface area contributed by atoms with Crippen molar-refractivity contribution < 1.29 is 17.9 Å². The molecule has 2 aromatic heterocycles. The number of fused-ring (bicyclic) bond motifs is 1. The zero-order chi connectivity index (χ0) is 22.9. The van der Waals surface area contributed by atoms with Crippen molar-refractivity contribution in [3.8, 4) is 0 Å². The molecular weight excluding hydrogens is 490 g/mol. The molecule has 1 amide bonds. The molecule has 1 atom stereocenters. The summed E-state index contributed by atoms with van der Waals surface area (Å²) in [5.74, 6) is -0.442. The number of carbonyl (C=O) groups excluding carboxylic acids is 1. The number of hydrogen-bond donors (Lipinski definition) is 0. The molecule has 4 rings (SSSR count). The van der Waals surface area contributed by atoms with Gasteiger partial charge in [-0.15, -0.1) is 11.3 Å². The Hall–Kier alpha value is -1.56. The average Bonchev–Trinajstić information content (AvgIpc) is 3.47. The summed E-state index contributed by atoms with van der Waals surface area (Å²) in [5.41, 5.74) is 2.10. The topological polar surface area (TPSA) is 81.0 Å². The lowest BCUT2D eigenvalue weighted by molar-refractivity contribution is -0.121. The molecule has 3 aromatic rings. The number of hydrogen-bond acceptors (Lipinski definition) is 6. The van der Waals surface area contributed by atoms with Crippen LogP contribution in [-0.2, 0) is 26.1 Å². The molecule has 11 heteroatoms. The number of aromatic nitrogens is 1. The van der Waals surface area contributed by atoms with Crippen LogP contribution in [0.5, 0.6) is 0 Å². The summed E-state index contributed by atoms with van der Waals surface area (Å²) in [6, 6.07) is 8.33. The van der Waals surface area contributed by atoms with Gasteiger partial charge in [0.25, 0.3) is 15.9 Å².